The minimum absolute atomic E-state index is 0.288. The maximum absolute atomic E-state index is 13.1. The number of carbonyl (C=O) groups is 1. The summed E-state index contributed by atoms with van der Waals surface area (Å²) in [6.45, 7) is 3.73. The van der Waals surface area contributed by atoms with Gasteiger partial charge in [-0.05, 0) is 50.8 Å². The van der Waals surface area contributed by atoms with Gasteiger partial charge in [-0.1, -0.05) is 13.3 Å². The van der Waals surface area contributed by atoms with Crippen molar-refractivity contribution in [2.24, 2.45) is 0 Å². The largest absolute Gasteiger partial charge is 0.467 e. The summed E-state index contributed by atoms with van der Waals surface area (Å²) in [6.07, 6.45) is 8.00. The molecule has 3 rings (SSSR count). The van der Waals surface area contributed by atoms with E-state index >= 15 is 0 Å². The van der Waals surface area contributed by atoms with Gasteiger partial charge in [-0.15, -0.1) is 0 Å². The van der Waals surface area contributed by atoms with E-state index in [4.69, 9.17) is 4.42 Å². The lowest BCUT2D eigenvalue weighted by atomic mass is 9.90. The second-order valence-electron chi connectivity index (χ2n) is 6.11. The Labute approximate surface area is 120 Å². The molecular weight excluding hydrogens is 252 g/mol. The van der Waals surface area contributed by atoms with E-state index in [-0.39, 0.29) is 11.4 Å². The Morgan fingerprint density at radius 1 is 1.55 bits per heavy atom. The summed E-state index contributed by atoms with van der Waals surface area (Å²) in [4.78, 5) is 15.1. The zero-order chi connectivity index (χ0) is 14.0. The van der Waals surface area contributed by atoms with E-state index in [1.807, 2.05) is 17.0 Å². The third-order valence-electron chi connectivity index (χ3n) is 4.48. The van der Waals surface area contributed by atoms with Crippen molar-refractivity contribution in [3.05, 3.63) is 24.2 Å². The Morgan fingerprint density at radius 3 is 2.95 bits per heavy atom. The molecule has 1 amide bonds. The van der Waals surface area contributed by atoms with E-state index in [1.165, 1.54) is 0 Å². The van der Waals surface area contributed by atoms with Crippen LogP contribution in [0.3, 0.4) is 0 Å². The van der Waals surface area contributed by atoms with Gasteiger partial charge < -0.3 is 14.6 Å². The van der Waals surface area contributed by atoms with E-state index in [0.29, 0.717) is 12.6 Å². The smallest absolute Gasteiger partial charge is 0.243 e. The normalized spacial score (nSPS) is 25.9. The summed E-state index contributed by atoms with van der Waals surface area (Å²) in [5.41, 5.74) is -0.316. The molecule has 2 heterocycles. The zero-order valence-electron chi connectivity index (χ0n) is 12.2. The first-order valence-electron chi connectivity index (χ1n) is 7.84. The molecule has 0 radical (unpaired) electrons. The first-order chi connectivity index (χ1) is 9.75. The lowest BCUT2D eigenvalue weighted by Gasteiger charge is -2.34. The molecule has 20 heavy (non-hydrogen) atoms. The molecule has 0 spiro atoms. The van der Waals surface area contributed by atoms with Gasteiger partial charge in [0.25, 0.3) is 0 Å². The topological polar surface area (TPSA) is 45.5 Å². The predicted octanol–water partition coefficient (Wildman–Crippen LogP) is 2.69. The summed E-state index contributed by atoms with van der Waals surface area (Å²) in [5, 5.41) is 3.49. The summed E-state index contributed by atoms with van der Waals surface area (Å²) in [7, 11) is 0. The number of rotatable bonds is 6. The average molecular weight is 276 g/mol. The monoisotopic (exact) mass is 276 g/mol. The quantitative estimate of drug-likeness (QED) is 0.869. The lowest BCUT2D eigenvalue weighted by Crippen LogP contribution is -2.55. The minimum Gasteiger partial charge on any atom is -0.467 e. The fourth-order valence-electron chi connectivity index (χ4n) is 3.33. The first-order valence-corrected chi connectivity index (χ1v) is 7.84. The first kappa shape index (κ1) is 13.7. The maximum atomic E-state index is 13.1. The van der Waals surface area contributed by atoms with Crippen LogP contribution in [-0.2, 0) is 11.3 Å². The molecule has 4 heteroatoms. The van der Waals surface area contributed by atoms with Crippen molar-refractivity contribution in [3.8, 4) is 0 Å². The number of hydrogen-bond acceptors (Lipinski definition) is 3. The van der Waals surface area contributed by atoms with Crippen molar-refractivity contribution in [3.63, 3.8) is 0 Å². The molecule has 1 unspecified atom stereocenters. The number of nitrogens with zero attached hydrogens (tertiary/aromatic N) is 1. The SMILES string of the molecule is CCCC1(C(=O)N(Cc2ccco2)C2CC2)CCCN1. The van der Waals surface area contributed by atoms with Crippen molar-refractivity contribution < 1.29 is 9.21 Å². The van der Waals surface area contributed by atoms with Crippen LogP contribution in [0.25, 0.3) is 0 Å². The molecule has 1 saturated carbocycles. The summed E-state index contributed by atoms with van der Waals surface area (Å²) in [6, 6.07) is 4.27. The van der Waals surface area contributed by atoms with Crippen molar-refractivity contribution >= 4 is 5.91 Å². The van der Waals surface area contributed by atoms with E-state index in [0.717, 1.165) is 50.8 Å². The number of carbonyl (C=O) groups excluding carboxylic acids is 1. The highest BCUT2D eigenvalue weighted by atomic mass is 16.3. The van der Waals surface area contributed by atoms with Gasteiger partial charge in [-0.2, -0.15) is 0 Å². The average Bonchev–Trinajstić information content (AvgIpc) is 2.97. The van der Waals surface area contributed by atoms with Crippen molar-refractivity contribution in [1.82, 2.24) is 10.2 Å². The van der Waals surface area contributed by atoms with Gasteiger partial charge in [0.2, 0.25) is 5.91 Å². The fourth-order valence-corrected chi connectivity index (χ4v) is 3.33. The molecule has 1 atom stereocenters. The number of nitrogens with one attached hydrogen (secondary N) is 1. The van der Waals surface area contributed by atoms with Gasteiger partial charge in [0.05, 0.1) is 18.3 Å². The Balaban J connectivity index is 1.77. The molecule has 110 valence electrons. The van der Waals surface area contributed by atoms with Crippen LogP contribution in [0.15, 0.2) is 22.8 Å². The van der Waals surface area contributed by atoms with Crippen molar-refractivity contribution in [2.75, 3.05) is 6.54 Å². The predicted molar refractivity (Wildman–Crippen MR) is 77.2 cm³/mol. The highest BCUT2D eigenvalue weighted by Crippen LogP contribution is 2.34. The highest BCUT2D eigenvalue weighted by molar-refractivity contribution is 5.87. The van der Waals surface area contributed by atoms with Crippen LogP contribution in [0.2, 0.25) is 0 Å². The van der Waals surface area contributed by atoms with Gasteiger partial charge in [-0.3, -0.25) is 4.79 Å². The Bertz CT molecular complexity index is 445. The van der Waals surface area contributed by atoms with Gasteiger partial charge in [0.15, 0.2) is 0 Å². The molecular formula is C16H24N2O2. The molecule has 1 aromatic heterocycles. The standard InChI is InChI=1S/C16H24N2O2/c1-2-8-16(9-4-10-17-16)15(19)18(13-6-7-13)12-14-5-3-11-20-14/h3,5,11,13,17H,2,4,6-10,12H2,1H3. The van der Waals surface area contributed by atoms with Crippen LogP contribution in [-0.4, -0.2) is 28.9 Å². The van der Waals surface area contributed by atoms with Crippen LogP contribution in [0, 0.1) is 0 Å². The van der Waals surface area contributed by atoms with E-state index in [9.17, 15) is 4.79 Å². The number of amides is 1. The van der Waals surface area contributed by atoms with E-state index in [1.54, 1.807) is 6.26 Å². The van der Waals surface area contributed by atoms with Crippen LogP contribution in [0.5, 0.6) is 0 Å². The van der Waals surface area contributed by atoms with Gasteiger partial charge in [-0.25, -0.2) is 0 Å². The highest BCUT2D eigenvalue weighted by Gasteiger charge is 2.46. The third kappa shape index (κ3) is 2.62. The van der Waals surface area contributed by atoms with Gasteiger partial charge in [0.1, 0.15) is 5.76 Å². The van der Waals surface area contributed by atoms with Crippen LogP contribution < -0.4 is 5.32 Å². The molecule has 2 aliphatic rings. The molecule has 1 saturated heterocycles. The van der Waals surface area contributed by atoms with Crippen LogP contribution in [0.4, 0.5) is 0 Å². The second-order valence-corrected chi connectivity index (χ2v) is 6.11. The summed E-state index contributed by atoms with van der Waals surface area (Å²) >= 11 is 0. The Kier molecular flexibility index (Phi) is 3.83. The molecule has 2 fully saturated rings. The van der Waals surface area contributed by atoms with Crippen LogP contribution in [0.1, 0.15) is 51.2 Å². The Hall–Kier alpha value is -1.29. The second kappa shape index (κ2) is 5.60. The number of furan rings is 1. The molecule has 0 bridgehead atoms. The van der Waals surface area contributed by atoms with Gasteiger partial charge >= 0.3 is 0 Å². The van der Waals surface area contributed by atoms with Gasteiger partial charge in [0, 0.05) is 6.04 Å². The fraction of sp³-hybridized carbons (Fsp3) is 0.688. The molecule has 1 aliphatic carbocycles. The summed E-state index contributed by atoms with van der Waals surface area (Å²) in [5.74, 6) is 1.17. The maximum Gasteiger partial charge on any atom is 0.243 e. The van der Waals surface area contributed by atoms with E-state index < -0.39 is 0 Å². The Morgan fingerprint density at radius 2 is 2.40 bits per heavy atom. The molecule has 4 nitrogen and oxygen atoms in total. The zero-order valence-corrected chi connectivity index (χ0v) is 12.2. The molecule has 1 aromatic rings. The van der Waals surface area contributed by atoms with Crippen LogP contribution >= 0.6 is 0 Å². The molecule has 0 aromatic carbocycles. The van der Waals surface area contributed by atoms with E-state index in [2.05, 4.69) is 12.2 Å². The minimum atomic E-state index is -0.316. The molecule has 1 N–H and O–H groups in total. The molecule has 1 aliphatic heterocycles. The lowest BCUT2D eigenvalue weighted by molar-refractivity contribution is -0.139. The van der Waals surface area contributed by atoms with Crippen molar-refractivity contribution in [2.45, 2.75) is 63.6 Å². The number of hydrogen-bond donors (Lipinski definition) is 1. The van der Waals surface area contributed by atoms with Crippen molar-refractivity contribution in [1.29, 1.82) is 0 Å². The third-order valence-corrected chi connectivity index (χ3v) is 4.48. The summed E-state index contributed by atoms with van der Waals surface area (Å²) < 4.78 is 5.43.